The van der Waals surface area contributed by atoms with Gasteiger partial charge in [-0.2, -0.15) is 0 Å². The molecule has 1 aromatic rings. The van der Waals surface area contributed by atoms with Crippen LogP contribution in [0.4, 0.5) is 6.01 Å². The van der Waals surface area contributed by atoms with Crippen molar-refractivity contribution < 1.29 is 9.15 Å². The SMILES string of the molecule is CC(C)(C)NCc1nnc(NCCOC2CCCC2)o1. The standard InChI is InChI=1S/C14H26N4O2/c1-14(2,3)16-10-12-17-18-13(20-12)15-8-9-19-11-6-4-5-7-11/h11,16H,4-10H2,1-3H3,(H,15,18). The normalized spacial score (nSPS) is 16.8. The molecule has 1 fully saturated rings. The summed E-state index contributed by atoms with van der Waals surface area (Å²) in [6.45, 7) is 8.26. The van der Waals surface area contributed by atoms with Gasteiger partial charge in [0.1, 0.15) is 0 Å². The predicted octanol–water partition coefficient (Wildman–Crippen LogP) is 2.33. The van der Waals surface area contributed by atoms with E-state index in [1.165, 1.54) is 25.7 Å². The highest BCUT2D eigenvalue weighted by atomic mass is 16.5. The Morgan fingerprint density at radius 3 is 2.70 bits per heavy atom. The first-order chi connectivity index (χ1) is 9.53. The monoisotopic (exact) mass is 282 g/mol. The van der Waals surface area contributed by atoms with E-state index in [0.717, 1.165) is 0 Å². The summed E-state index contributed by atoms with van der Waals surface area (Å²) in [4.78, 5) is 0. The van der Waals surface area contributed by atoms with E-state index in [0.29, 0.717) is 37.7 Å². The lowest BCUT2D eigenvalue weighted by Gasteiger charge is -2.18. The van der Waals surface area contributed by atoms with Crippen LogP contribution >= 0.6 is 0 Å². The van der Waals surface area contributed by atoms with Crippen LogP contribution in [-0.4, -0.2) is 35.0 Å². The Balaban J connectivity index is 1.62. The first kappa shape index (κ1) is 15.3. The van der Waals surface area contributed by atoms with Crippen LogP contribution in [0.1, 0.15) is 52.3 Å². The Hall–Kier alpha value is -1.14. The Kier molecular flexibility index (Phi) is 5.37. The fourth-order valence-electron chi connectivity index (χ4n) is 2.18. The van der Waals surface area contributed by atoms with Gasteiger partial charge in [-0.25, -0.2) is 0 Å². The van der Waals surface area contributed by atoms with Gasteiger partial charge in [-0.05, 0) is 33.6 Å². The Morgan fingerprint density at radius 2 is 2.00 bits per heavy atom. The van der Waals surface area contributed by atoms with Gasteiger partial charge in [0.2, 0.25) is 5.89 Å². The van der Waals surface area contributed by atoms with Gasteiger partial charge in [0.05, 0.1) is 19.3 Å². The van der Waals surface area contributed by atoms with Crippen LogP contribution in [0.25, 0.3) is 0 Å². The summed E-state index contributed by atoms with van der Waals surface area (Å²) >= 11 is 0. The minimum absolute atomic E-state index is 0.0389. The molecule has 0 aliphatic heterocycles. The van der Waals surface area contributed by atoms with Crippen LogP contribution in [0, 0.1) is 0 Å². The lowest BCUT2D eigenvalue weighted by molar-refractivity contribution is 0.0656. The average molecular weight is 282 g/mol. The molecular formula is C14H26N4O2. The molecule has 1 saturated carbocycles. The highest BCUT2D eigenvalue weighted by Gasteiger charge is 2.15. The molecule has 0 bridgehead atoms. The molecule has 20 heavy (non-hydrogen) atoms. The number of anilines is 1. The second-order valence-corrected chi connectivity index (χ2v) is 6.31. The van der Waals surface area contributed by atoms with E-state index in [1.807, 2.05) is 0 Å². The predicted molar refractivity (Wildman–Crippen MR) is 77.6 cm³/mol. The second kappa shape index (κ2) is 7.04. The zero-order chi connectivity index (χ0) is 14.4. The van der Waals surface area contributed by atoms with E-state index < -0.39 is 0 Å². The van der Waals surface area contributed by atoms with Gasteiger partial charge in [-0.15, -0.1) is 5.10 Å². The smallest absolute Gasteiger partial charge is 0.315 e. The number of hydrogen-bond acceptors (Lipinski definition) is 6. The topological polar surface area (TPSA) is 72.2 Å². The van der Waals surface area contributed by atoms with Crippen molar-refractivity contribution in [3.8, 4) is 0 Å². The van der Waals surface area contributed by atoms with Crippen molar-refractivity contribution in [3.05, 3.63) is 5.89 Å². The molecule has 1 aliphatic rings. The fraction of sp³-hybridized carbons (Fsp3) is 0.857. The van der Waals surface area contributed by atoms with Crippen LogP contribution < -0.4 is 10.6 Å². The number of rotatable bonds is 7. The molecule has 0 radical (unpaired) electrons. The quantitative estimate of drug-likeness (QED) is 0.748. The maximum Gasteiger partial charge on any atom is 0.315 e. The summed E-state index contributed by atoms with van der Waals surface area (Å²) in [6, 6.07) is 0.464. The third-order valence-electron chi connectivity index (χ3n) is 3.27. The number of ether oxygens (including phenoxy) is 1. The van der Waals surface area contributed by atoms with Crippen molar-refractivity contribution in [2.24, 2.45) is 0 Å². The molecule has 6 nitrogen and oxygen atoms in total. The van der Waals surface area contributed by atoms with E-state index in [9.17, 15) is 0 Å². The summed E-state index contributed by atoms with van der Waals surface area (Å²) in [5.41, 5.74) is 0.0389. The molecule has 0 atom stereocenters. The van der Waals surface area contributed by atoms with Crippen molar-refractivity contribution in [1.82, 2.24) is 15.5 Å². The third-order valence-corrected chi connectivity index (χ3v) is 3.27. The van der Waals surface area contributed by atoms with Gasteiger partial charge in [0.15, 0.2) is 0 Å². The first-order valence-electron chi connectivity index (χ1n) is 7.46. The first-order valence-corrected chi connectivity index (χ1v) is 7.46. The maximum atomic E-state index is 5.76. The van der Waals surface area contributed by atoms with Crippen LogP contribution in [0.5, 0.6) is 0 Å². The molecule has 2 rings (SSSR count). The van der Waals surface area contributed by atoms with Crippen molar-refractivity contribution >= 4 is 6.01 Å². The fourth-order valence-corrected chi connectivity index (χ4v) is 2.18. The zero-order valence-electron chi connectivity index (χ0n) is 12.7. The van der Waals surface area contributed by atoms with Crippen LogP contribution in [0.2, 0.25) is 0 Å². The van der Waals surface area contributed by atoms with Gasteiger partial charge in [-0.1, -0.05) is 17.9 Å². The largest absolute Gasteiger partial charge is 0.407 e. The van der Waals surface area contributed by atoms with Gasteiger partial charge in [-0.3, -0.25) is 0 Å². The van der Waals surface area contributed by atoms with Gasteiger partial charge in [0.25, 0.3) is 0 Å². The Labute approximate surface area is 120 Å². The average Bonchev–Trinajstić information content (AvgIpc) is 3.03. The number of aromatic nitrogens is 2. The number of nitrogens with one attached hydrogen (secondary N) is 2. The lowest BCUT2D eigenvalue weighted by atomic mass is 10.1. The van der Waals surface area contributed by atoms with E-state index >= 15 is 0 Å². The van der Waals surface area contributed by atoms with Crippen LogP contribution in [0.15, 0.2) is 4.42 Å². The zero-order valence-corrected chi connectivity index (χ0v) is 12.7. The molecule has 2 N–H and O–H groups in total. The third kappa shape index (κ3) is 5.46. The molecule has 1 aromatic heterocycles. The van der Waals surface area contributed by atoms with Gasteiger partial charge < -0.3 is 19.8 Å². The summed E-state index contributed by atoms with van der Waals surface area (Å²) < 4.78 is 11.3. The lowest BCUT2D eigenvalue weighted by Crippen LogP contribution is -2.35. The number of nitrogens with zero attached hydrogens (tertiary/aromatic N) is 2. The molecule has 6 heteroatoms. The maximum absolute atomic E-state index is 5.76. The Morgan fingerprint density at radius 1 is 1.25 bits per heavy atom. The van der Waals surface area contributed by atoms with E-state index in [1.54, 1.807) is 0 Å². The molecule has 0 aromatic carbocycles. The Bertz CT molecular complexity index is 394. The summed E-state index contributed by atoms with van der Waals surface area (Å²) in [6.07, 6.45) is 5.44. The number of hydrogen-bond donors (Lipinski definition) is 2. The van der Waals surface area contributed by atoms with Gasteiger partial charge >= 0.3 is 6.01 Å². The molecule has 1 heterocycles. The van der Waals surface area contributed by atoms with E-state index in [-0.39, 0.29) is 5.54 Å². The minimum atomic E-state index is 0.0389. The highest BCUT2D eigenvalue weighted by molar-refractivity contribution is 5.16. The molecule has 0 spiro atoms. The van der Waals surface area contributed by atoms with Crippen LogP contribution in [-0.2, 0) is 11.3 Å². The molecule has 0 amide bonds. The van der Waals surface area contributed by atoms with Crippen molar-refractivity contribution in [2.75, 3.05) is 18.5 Å². The molecule has 1 aliphatic carbocycles. The second-order valence-electron chi connectivity index (χ2n) is 6.31. The minimum Gasteiger partial charge on any atom is -0.407 e. The summed E-state index contributed by atoms with van der Waals surface area (Å²) in [5, 5.41) is 14.4. The van der Waals surface area contributed by atoms with Crippen molar-refractivity contribution in [1.29, 1.82) is 0 Å². The van der Waals surface area contributed by atoms with Crippen LogP contribution in [0.3, 0.4) is 0 Å². The van der Waals surface area contributed by atoms with E-state index in [4.69, 9.17) is 9.15 Å². The molecule has 114 valence electrons. The summed E-state index contributed by atoms with van der Waals surface area (Å²) in [7, 11) is 0. The van der Waals surface area contributed by atoms with Crippen molar-refractivity contribution in [2.45, 2.75) is 64.6 Å². The molecule has 0 saturated heterocycles. The van der Waals surface area contributed by atoms with Crippen molar-refractivity contribution in [3.63, 3.8) is 0 Å². The summed E-state index contributed by atoms with van der Waals surface area (Å²) in [5.74, 6) is 0.596. The van der Waals surface area contributed by atoms with Gasteiger partial charge in [0, 0.05) is 12.1 Å². The highest BCUT2D eigenvalue weighted by Crippen LogP contribution is 2.20. The molecular weight excluding hydrogens is 256 g/mol. The molecule has 0 unspecified atom stereocenters. The van der Waals surface area contributed by atoms with E-state index in [2.05, 4.69) is 41.6 Å².